The molecular formula is C18H22N4O2. The molecule has 6 nitrogen and oxygen atoms in total. The number of hydrogen-bond donors (Lipinski definition) is 1. The fourth-order valence-electron chi connectivity index (χ4n) is 3.14. The highest BCUT2D eigenvalue weighted by atomic mass is 16.4. The largest absolute Gasteiger partial charge is 0.481 e. The molecule has 1 atom stereocenters. The van der Waals surface area contributed by atoms with Gasteiger partial charge in [0.15, 0.2) is 0 Å². The molecule has 0 aliphatic carbocycles. The zero-order valence-corrected chi connectivity index (χ0v) is 13.9. The van der Waals surface area contributed by atoms with Crippen molar-refractivity contribution in [3.63, 3.8) is 0 Å². The molecule has 0 aromatic carbocycles. The Morgan fingerprint density at radius 3 is 3.04 bits per heavy atom. The molecule has 126 valence electrons. The molecule has 0 saturated carbocycles. The van der Waals surface area contributed by atoms with Gasteiger partial charge >= 0.3 is 5.97 Å². The second-order valence-corrected chi connectivity index (χ2v) is 6.25. The molecule has 2 aromatic rings. The van der Waals surface area contributed by atoms with Crippen LogP contribution in [0, 0.1) is 6.92 Å². The number of hydrogen-bond acceptors (Lipinski definition) is 5. The van der Waals surface area contributed by atoms with Gasteiger partial charge in [-0.1, -0.05) is 6.07 Å². The maximum absolute atomic E-state index is 10.7. The van der Waals surface area contributed by atoms with Gasteiger partial charge in [-0.15, -0.1) is 0 Å². The zero-order chi connectivity index (χ0) is 16.9. The van der Waals surface area contributed by atoms with Gasteiger partial charge in [-0.05, 0) is 31.9 Å². The first-order valence-electron chi connectivity index (χ1n) is 8.33. The van der Waals surface area contributed by atoms with Crippen molar-refractivity contribution in [2.45, 2.75) is 38.5 Å². The summed E-state index contributed by atoms with van der Waals surface area (Å²) >= 11 is 0. The summed E-state index contributed by atoms with van der Waals surface area (Å²) in [6, 6.07) is 7.94. The topological polar surface area (TPSA) is 79.2 Å². The number of aromatic nitrogens is 3. The minimum absolute atomic E-state index is 0.119. The van der Waals surface area contributed by atoms with Crippen LogP contribution in [0.4, 0.5) is 5.82 Å². The molecular weight excluding hydrogens is 304 g/mol. The number of rotatable bonds is 5. The van der Waals surface area contributed by atoms with Crippen molar-refractivity contribution >= 4 is 11.8 Å². The Labute approximate surface area is 141 Å². The summed E-state index contributed by atoms with van der Waals surface area (Å²) in [5.74, 6) is 0.526. The lowest BCUT2D eigenvalue weighted by Crippen LogP contribution is -2.35. The van der Waals surface area contributed by atoms with Gasteiger partial charge in [0, 0.05) is 48.6 Å². The fourth-order valence-corrected chi connectivity index (χ4v) is 3.14. The smallest absolute Gasteiger partial charge is 0.303 e. The van der Waals surface area contributed by atoms with Crippen LogP contribution in [0.15, 0.2) is 30.6 Å². The molecule has 0 radical (unpaired) electrons. The Morgan fingerprint density at radius 2 is 2.25 bits per heavy atom. The van der Waals surface area contributed by atoms with Crippen LogP contribution in [0.3, 0.4) is 0 Å². The van der Waals surface area contributed by atoms with Gasteiger partial charge in [-0.3, -0.25) is 9.78 Å². The Balaban J connectivity index is 1.72. The average molecular weight is 326 g/mol. The Morgan fingerprint density at radius 1 is 1.38 bits per heavy atom. The molecule has 3 rings (SSSR count). The minimum atomic E-state index is -0.787. The van der Waals surface area contributed by atoms with Crippen molar-refractivity contribution in [3.8, 4) is 0 Å². The third kappa shape index (κ3) is 4.07. The first kappa shape index (κ1) is 16.4. The normalized spacial score (nSPS) is 17.7. The van der Waals surface area contributed by atoms with Crippen molar-refractivity contribution in [2.75, 3.05) is 18.0 Å². The average Bonchev–Trinajstić information content (AvgIpc) is 2.60. The molecule has 1 saturated heterocycles. The maximum Gasteiger partial charge on any atom is 0.303 e. The van der Waals surface area contributed by atoms with Crippen molar-refractivity contribution in [3.05, 3.63) is 47.7 Å². The van der Waals surface area contributed by atoms with E-state index in [4.69, 9.17) is 10.1 Å². The van der Waals surface area contributed by atoms with E-state index < -0.39 is 5.97 Å². The maximum atomic E-state index is 10.7. The number of anilines is 1. The number of piperidine rings is 1. The van der Waals surface area contributed by atoms with Crippen LogP contribution in [0.2, 0.25) is 0 Å². The zero-order valence-electron chi connectivity index (χ0n) is 13.9. The van der Waals surface area contributed by atoms with Crippen LogP contribution in [0.1, 0.15) is 42.3 Å². The van der Waals surface area contributed by atoms with Gasteiger partial charge in [0.1, 0.15) is 12.1 Å². The summed E-state index contributed by atoms with van der Waals surface area (Å²) in [4.78, 5) is 26.3. The third-order valence-corrected chi connectivity index (χ3v) is 4.38. The van der Waals surface area contributed by atoms with Gasteiger partial charge in [-0.2, -0.15) is 0 Å². The van der Waals surface area contributed by atoms with Gasteiger partial charge in [-0.25, -0.2) is 9.97 Å². The van der Waals surface area contributed by atoms with E-state index in [-0.39, 0.29) is 6.42 Å². The highest BCUT2D eigenvalue weighted by Gasteiger charge is 2.23. The van der Waals surface area contributed by atoms with Crippen LogP contribution in [0.25, 0.3) is 0 Å². The summed E-state index contributed by atoms with van der Waals surface area (Å²) in [6.45, 7) is 3.84. The Kier molecular flexibility index (Phi) is 5.03. The lowest BCUT2D eigenvalue weighted by Gasteiger charge is -2.33. The number of aliphatic carboxylic acids is 1. The SMILES string of the molecule is Cc1cc(N2CCCC(c3cccc(CCC(=O)O)n3)C2)ncn1. The molecule has 24 heavy (non-hydrogen) atoms. The first-order valence-corrected chi connectivity index (χ1v) is 8.33. The third-order valence-electron chi connectivity index (χ3n) is 4.38. The molecule has 1 fully saturated rings. The van der Waals surface area contributed by atoms with Crippen LogP contribution >= 0.6 is 0 Å². The standard InChI is InChI=1S/C18H22N4O2/c1-13-10-17(20-12-19-13)22-9-3-4-14(11-22)16-6-2-5-15(21-16)7-8-18(23)24/h2,5-6,10,12,14H,3-4,7-9,11H2,1H3,(H,23,24). The van der Waals surface area contributed by atoms with Gasteiger partial charge in [0.2, 0.25) is 0 Å². The van der Waals surface area contributed by atoms with E-state index in [1.54, 1.807) is 6.33 Å². The lowest BCUT2D eigenvalue weighted by molar-refractivity contribution is -0.136. The number of carboxylic acids is 1. The number of pyridine rings is 1. The first-order chi connectivity index (χ1) is 11.6. The number of aryl methyl sites for hydroxylation is 2. The van der Waals surface area contributed by atoms with Gasteiger partial charge in [0.05, 0.1) is 6.42 Å². The van der Waals surface area contributed by atoms with E-state index >= 15 is 0 Å². The monoisotopic (exact) mass is 326 g/mol. The van der Waals surface area contributed by atoms with Crippen LogP contribution < -0.4 is 4.90 Å². The fraction of sp³-hybridized carbons (Fsp3) is 0.444. The lowest BCUT2D eigenvalue weighted by atomic mass is 9.94. The minimum Gasteiger partial charge on any atom is -0.481 e. The molecule has 3 heterocycles. The summed E-state index contributed by atoms with van der Waals surface area (Å²) in [5, 5.41) is 8.83. The molecule has 0 bridgehead atoms. The van der Waals surface area contributed by atoms with Gasteiger partial charge < -0.3 is 10.0 Å². The van der Waals surface area contributed by atoms with Crippen LogP contribution in [0.5, 0.6) is 0 Å². The number of carbonyl (C=O) groups is 1. The number of nitrogens with zero attached hydrogens (tertiary/aromatic N) is 4. The Bertz CT molecular complexity index is 720. The predicted molar refractivity (Wildman–Crippen MR) is 91.2 cm³/mol. The van der Waals surface area contributed by atoms with Gasteiger partial charge in [0.25, 0.3) is 0 Å². The van der Waals surface area contributed by atoms with Crippen molar-refractivity contribution in [2.24, 2.45) is 0 Å². The van der Waals surface area contributed by atoms with E-state index in [1.165, 1.54) is 0 Å². The van der Waals surface area contributed by atoms with Crippen LogP contribution in [-0.2, 0) is 11.2 Å². The second kappa shape index (κ2) is 7.38. The summed E-state index contributed by atoms with van der Waals surface area (Å²) < 4.78 is 0. The highest BCUT2D eigenvalue weighted by Crippen LogP contribution is 2.28. The molecule has 0 spiro atoms. The molecule has 1 unspecified atom stereocenters. The Hall–Kier alpha value is -2.50. The second-order valence-electron chi connectivity index (χ2n) is 6.25. The molecule has 1 aliphatic rings. The van der Waals surface area contributed by atoms with Crippen molar-refractivity contribution in [1.82, 2.24) is 15.0 Å². The number of carboxylic acid groups (broad SMARTS) is 1. The summed E-state index contributed by atoms with van der Waals surface area (Å²) in [6.07, 6.45) is 4.39. The summed E-state index contributed by atoms with van der Waals surface area (Å²) in [7, 11) is 0. The van der Waals surface area contributed by atoms with E-state index in [0.717, 1.165) is 48.8 Å². The van der Waals surface area contributed by atoms with Crippen LogP contribution in [-0.4, -0.2) is 39.1 Å². The van der Waals surface area contributed by atoms with E-state index in [2.05, 4.69) is 14.9 Å². The molecule has 1 aliphatic heterocycles. The molecule has 2 aromatic heterocycles. The van der Waals surface area contributed by atoms with E-state index in [9.17, 15) is 4.79 Å². The van der Waals surface area contributed by atoms with E-state index in [1.807, 2.05) is 31.2 Å². The van der Waals surface area contributed by atoms with Crippen molar-refractivity contribution < 1.29 is 9.90 Å². The quantitative estimate of drug-likeness (QED) is 0.910. The summed E-state index contributed by atoms with van der Waals surface area (Å²) in [5.41, 5.74) is 2.87. The highest BCUT2D eigenvalue weighted by molar-refractivity contribution is 5.66. The molecule has 0 amide bonds. The van der Waals surface area contributed by atoms with E-state index in [0.29, 0.717) is 12.3 Å². The van der Waals surface area contributed by atoms with Crippen molar-refractivity contribution in [1.29, 1.82) is 0 Å². The molecule has 1 N–H and O–H groups in total. The predicted octanol–water partition coefficient (Wildman–Crippen LogP) is 2.58. The molecule has 6 heteroatoms.